The van der Waals surface area contributed by atoms with Crippen LogP contribution in [0.1, 0.15) is 5.56 Å². The molecule has 0 atom stereocenters. The van der Waals surface area contributed by atoms with Crippen LogP contribution in [0, 0.1) is 6.92 Å². The molecule has 1 amide bonds. The van der Waals surface area contributed by atoms with Gasteiger partial charge >= 0.3 is 0 Å². The molecule has 0 aliphatic carbocycles. The van der Waals surface area contributed by atoms with Gasteiger partial charge in [-0.1, -0.05) is 35.9 Å². The number of aryl methyl sites for hydroxylation is 1. The number of sulfonamides is 1. The number of methoxy groups -OCH3 is 1. The number of nitrogens with one attached hydrogen (secondary N) is 1. The highest BCUT2D eigenvalue weighted by Crippen LogP contribution is 2.25. The number of anilines is 1. The van der Waals surface area contributed by atoms with Gasteiger partial charge in [-0.2, -0.15) is 0 Å². The first-order valence-corrected chi connectivity index (χ1v) is 12.5. The van der Waals surface area contributed by atoms with Gasteiger partial charge in [0.2, 0.25) is 5.91 Å². The summed E-state index contributed by atoms with van der Waals surface area (Å²) in [5.74, 6) is 0.913. The summed E-state index contributed by atoms with van der Waals surface area (Å²) >= 11 is 1.63. The van der Waals surface area contributed by atoms with Crippen LogP contribution < -0.4 is 14.4 Å². The number of hydrogen-bond acceptors (Lipinski definition) is 5. The maximum Gasteiger partial charge on any atom is 0.264 e. The van der Waals surface area contributed by atoms with E-state index in [1.807, 2.05) is 31.2 Å². The molecule has 3 aromatic carbocycles. The number of amides is 1. The molecule has 0 radical (unpaired) electrons. The minimum absolute atomic E-state index is 0.124. The molecule has 8 heteroatoms. The van der Waals surface area contributed by atoms with E-state index in [0.717, 1.165) is 9.20 Å². The summed E-state index contributed by atoms with van der Waals surface area (Å²) in [6.45, 7) is 2.14. The Bertz CT molecular complexity index is 1120. The van der Waals surface area contributed by atoms with E-state index in [2.05, 4.69) is 5.32 Å². The smallest absolute Gasteiger partial charge is 0.264 e. The minimum Gasteiger partial charge on any atom is -0.497 e. The summed E-state index contributed by atoms with van der Waals surface area (Å²) in [6.07, 6.45) is 0. The number of thioether (sulfide) groups is 1. The van der Waals surface area contributed by atoms with Crippen molar-refractivity contribution in [3.8, 4) is 5.75 Å². The summed E-state index contributed by atoms with van der Waals surface area (Å²) < 4.78 is 32.8. The van der Waals surface area contributed by atoms with Crippen molar-refractivity contribution in [2.24, 2.45) is 0 Å². The van der Waals surface area contributed by atoms with Crippen LogP contribution in [-0.2, 0) is 14.8 Å². The molecule has 32 heavy (non-hydrogen) atoms. The molecule has 0 aliphatic rings. The normalized spacial score (nSPS) is 11.1. The number of hydrogen-bond donors (Lipinski definition) is 1. The first-order valence-electron chi connectivity index (χ1n) is 10.1. The van der Waals surface area contributed by atoms with Crippen LogP contribution in [-0.4, -0.2) is 40.3 Å². The van der Waals surface area contributed by atoms with Crippen LogP contribution in [0.25, 0.3) is 0 Å². The monoisotopic (exact) mass is 470 g/mol. The van der Waals surface area contributed by atoms with Gasteiger partial charge in [0.15, 0.2) is 0 Å². The molecule has 0 saturated heterocycles. The molecule has 6 nitrogen and oxygen atoms in total. The van der Waals surface area contributed by atoms with Crippen molar-refractivity contribution in [3.05, 3.63) is 84.4 Å². The fourth-order valence-corrected chi connectivity index (χ4v) is 5.17. The average Bonchev–Trinajstić information content (AvgIpc) is 2.82. The SMILES string of the molecule is COc1ccc(N(CC(=O)NCCSc2ccc(C)cc2)S(=O)(=O)c2ccccc2)cc1. The second-order valence-corrected chi connectivity index (χ2v) is 10.1. The third-order valence-electron chi connectivity index (χ3n) is 4.69. The zero-order chi connectivity index (χ0) is 23.0. The summed E-state index contributed by atoms with van der Waals surface area (Å²) in [7, 11) is -2.38. The molecule has 3 rings (SSSR count). The van der Waals surface area contributed by atoms with Crippen molar-refractivity contribution < 1.29 is 17.9 Å². The molecular weight excluding hydrogens is 444 g/mol. The molecule has 0 bridgehead atoms. The highest BCUT2D eigenvalue weighted by molar-refractivity contribution is 7.99. The van der Waals surface area contributed by atoms with Crippen LogP contribution in [0.4, 0.5) is 5.69 Å². The van der Waals surface area contributed by atoms with E-state index in [0.29, 0.717) is 23.7 Å². The highest BCUT2D eigenvalue weighted by atomic mass is 32.2. The number of ether oxygens (including phenoxy) is 1. The maximum atomic E-state index is 13.3. The summed E-state index contributed by atoms with van der Waals surface area (Å²) in [4.78, 5) is 13.9. The van der Waals surface area contributed by atoms with Crippen molar-refractivity contribution >= 4 is 33.4 Å². The van der Waals surface area contributed by atoms with E-state index in [1.54, 1.807) is 54.2 Å². The first kappa shape index (κ1) is 23.7. The summed E-state index contributed by atoms with van der Waals surface area (Å²) in [6, 6.07) is 22.8. The molecule has 3 aromatic rings. The topological polar surface area (TPSA) is 75.7 Å². The molecule has 0 spiro atoms. The van der Waals surface area contributed by atoms with Crippen molar-refractivity contribution in [1.29, 1.82) is 0 Å². The number of benzene rings is 3. The van der Waals surface area contributed by atoms with Crippen LogP contribution in [0.15, 0.2) is 88.7 Å². The van der Waals surface area contributed by atoms with Crippen molar-refractivity contribution in [2.75, 3.05) is 30.3 Å². The van der Waals surface area contributed by atoms with Gasteiger partial charge in [0, 0.05) is 17.2 Å². The van der Waals surface area contributed by atoms with Crippen molar-refractivity contribution in [1.82, 2.24) is 5.32 Å². The number of nitrogens with zero attached hydrogens (tertiary/aromatic N) is 1. The number of carbonyl (C=O) groups is 1. The van der Waals surface area contributed by atoms with Crippen molar-refractivity contribution in [2.45, 2.75) is 16.7 Å². The molecule has 0 aliphatic heterocycles. The quantitative estimate of drug-likeness (QED) is 0.357. The Labute approximate surface area is 193 Å². The molecule has 1 N–H and O–H groups in total. The first-order chi connectivity index (χ1) is 15.4. The highest BCUT2D eigenvalue weighted by Gasteiger charge is 2.27. The second-order valence-electron chi connectivity index (χ2n) is 7.03. The average molecular weight is 471 g/mol. The fraction of sp³-hybridized carbons (Fsp3) is 0.208. The Morgan fingerprint density at radius 1 is 0.969 bits per heavy atom. The predicted octanol–water partition coefficient (Wildman–Crippen LogP) is 4.11. The maximum absolute atomic E-state index is 13.3. The third-order valence-corrected chi connectivity index (χ3v) is 7.49. The number of carbonyl (C=O) groups excluding carboxylic acids is 1. The third kappa shape index (κ3) is 6.27. The molecule has 0 unspecified atom stereocenters. The van der Waals surface area contributed by atoms with Gasteiger partial charge in [-0.25, -0.2) is 8.42 Å². The second kappa shape index (κ2) is 11.1. The fourth-order valence-electron chi connectivity index (χ4n) is 2.96. The van der Waals surface area contributed by atoms with E-state index in [4.69, 9.17) is 4.74 Å². The van der Waals surface area contributed by atoms with Gasteiger partial charge in [-0.05, 0) is 55.5 Å². The van der Waals surface area contributed by atoms with Crippen molar-refractivity contribution in [3.63, 3.8) is 0 Å². The van der Waals surface area contributed by atoms with E-state index in [1.165, 1.54) is 24.8 Å². The summed E-state index contributed by atoms with van der Waals surface area (Å²) in [5.41, 5.74) is 1.58. The van der Waals surface area contributed by atoms with Crippen LogP contribution in [0.2, 0.25) is 0 Å². The van der Waals surface area contributed by atoms with Crippen LogP contribution in [0.5, 0.6) is 5.75 Å². The molecule has 0 saturated carbocycles. The standard InChI is InChI=1S/C24H26N2O4S2/c1-19-8-14-22(15-9-19)31-17-16-25-24(27)18-26(20-10-12-21(30-2)13-11-20)32(28,29)23-6-4-3-5-7-23/h3-15H,16-18H2,1-2H3,(H,25,27). The minimum atomic E-state index is -3.92. The lowest BCUT2D eigenvalue weighted by atomic mass is 10.2. The van der Waals surface area contributed by atoms with E-state index in [9.17, 15) is 13.2 Å². The molecule has 0 fully saturated rings. The van der Waals surface area contributed by atoms with E-state index < -0.39 is 10.0 Å². The van der Waals surface area contributed by atoms with Gasteiger partial charge in [-0.3, -0.25) is 9.10 Å². The zero-order valence-electron chi connectivity index (χ0n) is 18.0. The van der Waals surface area contributed by atoms with Crippen LogP contribution in [0.3, 0.4) is 0 Å². The largest absolute Gasteiger partial charge is 0.497 e. The Hall–Kier alpha value is -2.97. The molecule has 0 aromatic heterocycles. The zero-order valence-corrected chi connectivity index (χ0v) is 19.7. The lowest BCUT2D eigenvalue weighted by Crippen LogP contribution is -2.41. The molecular formula is C24H26N2O4S2. The van der Waals surface area contributed by atoms with Gasteiger partial charge in [0.1, 0.15) is 12.3 Å². The Kier molecular flexibility index (Phi) is 8.19. The summed E-state index contributed by atoms with van der Waals surface area (Å²) in [5, 5.41) is 2.82. The lowest BCUT2D eigenvalue weighted by Gasteiger charge is -2.24. The van der Waals surface area contributed by atoms with Gasteiger partial charge in [-0.15, -0.1) is 11.8 Å². The van der Waals surface area contributed by atoms with E-state index >= 15 is 0 Å². The van der Waals surface area contributed by atoms with E-state index in [-0.39, 0.29) is 17.3 Å². The van der Waals surface area contributed by atoms with Gasteiger partial charge in [0.25, 0.3) is 10.0 Å². The van der Waals surface area contributed by atoms with Gasteiger partial charge in [0.05, 0.1) is 17.7 Å². The Morgan fingerprint density at radius 3 is 2.25 bits per heavy atom. The number of rotatable bonds is 10. The van der Waals surface area contributed by atoms with Crippen LogP contribution >= 0.6 is 11.8 Å². The Balaban J connectivity index is 1.69. The van der Waals surface area contributed by atoms with Gasteiger partial charge < -0.3 is 10.1 Å². The molecule has 168 valence electrons. The molecule has 0 heterocycles. The predicted molar refractivity (Wildman–Crippen MR) is 129 cm³/mol. The lowest BCUT2D eigenvalue weighted by molar-refractivity contribution is -0.119. The Morgan fingerprint density at radius 2 is 1.62 bits per heavy atom.